The minimum Gasteiger partial charge on any atom is -0.390 e. The number of hydrogen-bond donors (Lipinski definition) is 2. The normalized spacial score (nSPS) is 25.5. The molecule has 5 nitrogen and oxygen atoms in total. The van der Waals surface area contributed by atoms with Crippen molar-refractivity contribution < 1.29 is 14.6 Å². The van der Waals surface area contributed by atoms with Gasteiger partial charge in [0, 0.05) is 40.3 Å². The molecule has 1 amide bonds. The molecule has 1 rings (SSSR count). The summed E-state index contributed by atoms with van der Waals surface area (Å²) in [5.41, 5.74) is 0. The van der Waals surface area contributed by atoms with Gasteiger partial charge in [0.1, 0.15) is 0 Å². The molecule has 88 valence electrons. The van der Waals surface area contributed by atoms with Crippen LogP contribution in [0.1, 0.15) is 12.8 Å². The molecule has 1 aliphatic heterocycles. The number of rotatable bonds is 5. The van der Waals surface area contributed by atoms with E-state index in [-0.39, 0.29) is 11.9 Å². The number of aliphatic hydroxyl groups excluding tert-OH is 1. The maximum absolute atomic E-state index is 11.7. The van der Waals surface area contributed by atoms with E-state index in [0.717, 1.165) is 6.42 Å². The molecule has 2 N–H and O–H groups in total. The Morgan fingerprint density at radius 3 is 2.87 bits per heavy atom. The molecule has 0 radical (unpaired) electrons. The van der Waals surface area contributed by atoms with Crippen LogP contribution in [0.5, 0.6) is 0 Å². The highest BCUT2D eigenvalue weighted by Gasteiger charge is 2.30. The first-order valence-corrected chi connectivity index (χ1v) is 5.30. The molecular weight excluding hydrogens is 196 g/mol. The number of amides is 1. The zero-order valence-electron chi connectivity index (χ0n) is 9.40. The van der Waals surface area contributed by atoms with Gasteiger partial charge < -0.3 is 20.1 Å². The third-order valence-corrected chi connectivity index (χ3v) is 2.78. The number of carbonyl (C=O) groups excluding carboxylic acids is 1. The van der Waals surface area contributed by atoms with Gasteiger partial charge in [-0.2, -0.15) is 0 Å². The second kappa shape index (κ2) is 6.05. The summed E-state index contributed by atoms with van der Waals surface area (Å²) in [7, 11) is 3.37. The van der Waals surface area contributed by atoms with Crippen LogP contribution in [0.2, 0.25) is 0 Å². The Kier molecular flexibility index (Phi) is 5.01. The van der Waals surface area contributed by atoms with Crippen LogP contribution in [0.25, 0.3) is 0 Å². The van der Waals surface area contributed by atoms with E-state index in [2.05, 4.69) is 5.32 Å². The van der Waals surface area contributed by atoms with Crippen LogP contribution in [-0.4, -0.2) is 61.9 Å². The average Bonchev–Trinajstić information content (AvgIpc) is 2.63. The van der Waals surface area contributed by atoms with Gasteiger partial charge in [-0.25, -0.2) is 0 Å². The van der Waals surface area contributed by atoms with Gasteiger partial charge in [-0.3, -0.25) is 4.79 Å². The van der Waals surface area contributed by atoms with E-state index < -0.39 is 6.10 Å². The van der Waals surface area contributed by atoms with Crippen molar-refractivity contribution in [1.29, 1.82) is 0 Å². The molecule has 15 heavy (non-hydrogen) atoms. The molecule has 0 saturated carbocycles. The smallest absolute Gasteiger partial charge is 0.222 e. The number of aliphatic hydroxyl groups is 1. The molecule has 1 saturated heterocycles. The van der Waals surface area contributed by atoms with E-state index in [0.29, 0.717) is 26.1 Å². The molecule has 1 aliphatic rings. The van der Waals surface area contributed by atoms with E-state index in [4.69, 9.17) is 4.74 Å². The van der Waals surface area contributed by atoms with Gasteiger partial charge in [0.25, 0.3) is 0 Å². The van der Waals surface area contributed by atoms with E-state index in [1.807, 2.05) is 0 Å². The Bertz CT molecular complexity index is 211. The third-order valence-electron chi connectivity index (χ3n) is 2.78. The maximum atomic E-state index is 11.7. The van der Waals surface area contributed by atoms with Crippen molar-refractivity contribution >= 4 is 5.91 Å². The minimum atomic E-state index is -0.443. The quantitative estimate of drug-likeness (QED) is 0.591. The lowest BCUT2D eigenvalue weighted by molar-refractivity contribution is -0.133. The summed E-state index contributed by atoms with van der Waals surface area (Å²) in [4.78, 5) is 13.3. The van der Waals surface area contributed by atoms with Crippen LogP contribution in [0.4, 0.5) is 0 Å². The van der Waals surface area contributed by atoms with Crippen molar-refractivity contribution in [3.63, 3.8) is 0 Å². The Balaban J connectivity index is 2.31. The summed E-state index contributed by atoms with van der Waals surface area (Å²) in [5.74, 6) is 0.0693. The number of likely N-dealkylation sites (N-methyl/N-ethyl adjacent to an activating group) is 1. The van der Waals surface area contributed by atoms with Crippen molar-refractivity contribution in [3.8, 4) is 0 Å². The molecule has 2 atom stereocenters. The lowest BCUT2D eigenvalue weighted by Crippen LogP contribution is -2.44. The number of hydrogen-bond acceptors (Lipinski definition) is 4. The summed E-state index contributed by atoms with van der Waals surface area (Å²) in [5, 5.41) is 12.7. The monoisotopic (exact) mass is 216 g/mol. The molecule has 0 aromatic rings. The molecular formula is C10H20N2O3. The topological polar surface area (TPSA) is 61.8 Å². The van der Waals surface area contributed by atoms with E-state index >= 15 is 0 Å². The van der Waals surface area contributed by atoms with Gasteiger partial charge >= 0.3 is 0 Å². The standard InChI is InChI=1S/C10H20N2O3/c1-12(8-6-11-7-9(8)13)10(14)4-3-5-15-2/h8-9,11,13H,3-7H2,1-2H3/t8-,9-/m1/s1. The fourth-order valence-corrected chi connectivity index (χ4v) is 1.78. The van der Waals surface area contributed by atoms with Gasteiger partial charge in [-0.1, -0.05) is 0 Å². The van der Waals surface area contributed by atoms with Crippen molar-refractivity contribution in [2.75, 3.05) is 33.9 Å². The van der Waals surface area contributed by atoms with Crippen LogP contribution < -0.4 is 5.32 Å². The molecule has 0 aromatic heterocycles. The molecule has 0 bridgehead atoms. The SMILES string of the molecule is COCCCC(=O)N(C)[C@@H]1CNC[C@H]1O. The first kappa shape index (κ1) is 12.4. The Morgan fingerprint density at radius 1 is 1.60 bits per heavy atom. The molecule has 0 aromatic carbocycles. The number of carbonyl (C=O) groups is 1. The van der Waals surface area contributed by atoms with Crippen LogP contribution in [-0.2, 0) is 9.53 Å². The largest absolute Gasteiger partial charge is 0.390 e. The third kappa shape index (κ3) is 3.44. The van der Waals surface area contributed by atoms with Crippen LogP contribution in [0, 0.1) is 0 Å². The van der Waals surface area contributed by atoms with Gasteiger partial charge in [-0.05, 0) is 6.42 Å². The van der Waals surface area contributed by atoms with Crippen molar-refractivity contribution in [2.45, 2.75) is 25.0 Å². The Hall–Kier alpha value is -0.650. The van der Waals surface area contributed by atoms with Crippen molar-refractivity contribution in [3.05, 3.63) is 0 Å². The lowest BCUT2D eigenvalue weighted by atomic mass is 10.1. The zero-order chi connectivity index (χ0) is 11.3. The fraction of sp³-hybridized carbons (Fsp3) is 0.900. The highest BCUT2D eigenvalue weighted by atomic mass is 16.5. The van der Waals surface area contributed by atoms with Crippen LogP contribution >= 0.6 is 0 Å². The second-order valence-electron chi connectivity index (χ2n) is 3.89. The summed E-state index contributed by atoms with van der Waals surface area (Å²) in [6, 6.07) is -0.0833. The molecule has 1 heterocycles. The summed E-state index contributed by atoms with van der Waals surface area (Å²) >= 11 is 0. The zero-order valence-corrected chi connectivity index (χ0v) is 9.40. The predicted octanol–water partition coefficient (Wildman–Crippen LogP) is -0.796. The molecule has 0 unspecified atom stereocenters. The average molecular weight is 216 g/mol. The minimum absolute atomic E-state index is 0.0693. The number of β-amino-alcohol motifs (C(OH)–C–C–N with tert-alkyl or cyclic N) is 1. The van der Waals surface area contributed by atoms with Crippen LogP contribution in [0.3, 0.4) is 0 Å². The Labute approximate surface area is 90.4 Å². The molecule has 0 spiro atoms. The van der Waals surface area contributed by atoms with E-state index in [9.17, 15) is 9.90 Å². The maximum Gasteiger partial charge on any atom is 0.222 e. The van der Waals surface area contributed by atoms with Crippen molar-refractivity contribution in [2.24, 2.45) is 0 Å². The van der Waals surface area contributed by atoms with Crippen LogP contribution in [0.15, 0.2) is 0 Å². The van der Waals surface area contributed by atoms with Gasteiger partial charge in [0.15, 0.2) is 0 Å². The van der Waals surface area contributed by atoms with Gasteiger partial charge in [0.05, 0.1) is 12.1 Å². The van der Waals surface area contributed by atoms with Gasteiger partial charge in [-0.15, -0.1) is 0 Å². The van der Waals surface area contributed by atoms with E-state index in [1.165, 1.54) is 0 Å². The molecule has 1 fully saturated rings. The highest BCUT2D eigenvalue weighted by molar-refractivity contribution is 5.76. The van der Waals surface area contributed by atoms with Crippen molar-refractivity contribution in [1.82, 2.24) is 10.2 Å². The first-order valence-electron chi connectivity index (χ1n) is 5.30. The predicted molar refractivity (Wildman–Crippen MR) is 56.5 cm³/mol. The summed E-state index contributed by atoms with van der Waals surface area (Å²) < 4.78 is 4.89. The molecule has 0 aliphatic carbocycles. The van der Waals surface area contributed by atoms with E-state index in [1.54, 1.807) is 19.1 Å². The first-order chi connectivity index (χ1) is 7.16. The highest BCUT2D eigenvalue weighted by Crippen LogP contribution is 2.09. The number of ether oxygens (including phenoxy) is 1. The number of nitrogens with zero attached hydrogens (tertiary/aromatic N) is 1. The Morgan fingerprint density at radius 2 is 2.33 bits per heavy atom. The number of methoxy groups -OCH3 is 1. The number of nitrogens with one attached hydrogen (secondary N) is 1. The summed E-state index contributed by atoms with van der Waals surface area (Å²) in [6.07, 6.45) is 0.769. The summed E-state index contributed by atoms with van der Waals surface area (Å²) in [6.45, 7) is 1.85. The molecule has 5 heteroatoms. The lowest BCUT2D eigenvalue weighted by Gasteiger charge is -2.26. The van der Waals surface area contributed by atoms with Gasteiger partial charge in [0.2, 0.25) is 5.91 Å². The second-order valence-corrected chi connectivity index (χ2v) is 3.89. The fourth-order valence-electron chi connectivity index (χ4n) is 1.78.